The number of hydrogen-bond acceptors (Lipinski definition) is 5. The number of fused-ring (bicyclic) bond motifs is 1. The Balaban J connectivity index is 2.83. The topological polar surface area (TPSA) is 78.6 Å². The van der Waals surface area contributed by atoms with Crippen LogP contribution in [-0.2, 0) is 5.91 Å². The van der Waals surface area contributed by atoms with Gasteiger partial charge >= 0.3 is 5.69 Å². The van der Waals surface area contributed by atoms with Crippen LogP contribution in [0.5, 0.6) is 0 Å². The normalized spacial score (nSPS) is 21.0. The monoisotopic (exact) mass is 245 g/mol. The SMILES string of the molecule is CN1c2cc(Cl)nc(=O)n2C(O)(O)C1(C)C. The van der Waals surface area contributed by atoms with Crippen LogP contribution in [0.2, 0.25) is 5.15 Å². The van der Waals surface area contributed by atoms with E-state index in [1.807, 2.05) is 0 Å². The molecule has 0 saturated carbocycles. The molecule has 0 aromatic carbocycles. The van der Waals surface area contributed by atoms with E-state index < -0.39 is 17.1 Å². The maximum atomic E-state index is 11.6. The predicted octanol–water partition coefficient (Wildman–Crippen LogP) is -0.280. The van der Waals surface area contributed by atoms with Crippen molar-refractivity contribution in [2.24, 2.45) is 0 Å². The third-order valence-electron chi connectivity index (χ3n) is 3.19. The first-order valence-corrected chi connectivity index (χ1v) is 5.06. The Bertz CT molecular complexity index is 509. The van der Waals surface area contributed by atoms with Gasteiger partial charge in [-0.2, -0.15) is 4.98 Å². The molecule has 0 unspecified atom stereocenters. The molecule has 0 atom stereocenters. The molecule has 0 amide bonds. The minimum absolute atomic E-state index is 0.0246. The fourth-order valence-corrected chi connectivity index (χ4v) is 1.94. The van der Waals surface area contributed by atoms with Crippen LogP contribution in [0.3, 0.4) is 0 Å². The molecule has 16 heavy (non-hydrogen) atoms. The average molecular weight is 246 g/mol. The molecule has 0 aliphatic carbocycles. The number of anilines is 1. The van der Waals surface area contributed by atoms with E-state index in [-0.39, 0.29) is 5.15 Å². The highest BCUT2D eigenvalue weighted by Crippen LogP contribution is 2.40. The summed E-state index contributed by atoms with van der Waals surface area (Å²) < 4.78 is 0.818. The van der Waals surface area contributed by atoms with Gasteiger partial charge in [0.1, 0.15) is 16.5 Å². The summed E-state index contributed by atoms with van der Waals surface area (Å²) in [5.41, 5.74) is -1.84. The highest BCUT2D eigenvalue weighted by molar-refractivity contribution is 6.29. The minimum atomic E-state index is -2.31. The van der Waals surface area contributed by atoms with E-state index in [4.69, 9.17) is 11.6 Å². The smallest absolute Gasteiger partial charge is 0.348 e. The molecule has 0 fully saturated rings. The van der Waals surface area contributed by atoms with E-state index in [1.165, 1.54) is 6.07 Å². The van der Waals surface area contributed by atoms with E-state index in [1.54, 1.807) is 25.8 Å². The highest BCUT2D eigenvalue weighted by Gasteiger charge is 2.55. The molecular formula is C9H12ClN3O3. The van der Waals surface area contributed by atoms with Gasteiger partial charge in [-0.3, -0.25) is 0 Å². The lowest BCUT2D eigenvalue weighted by molar-refractivity contribution is -0.256. The quantitative estimate of drug-likeness (QED) is 0.486. The van der Waals surface area contributed by atoms with Gasteiger partial charge in [-0.25, -0.2) is 9.36 Å². The molecule has 2 N–H and O–H groups in total. The van der Waals surface area contributed by atoms with E-state index >= 15 is 0 Å². The van der Waals surface area contributed by atoms with Crippen molar-refractivity contribution in [3.8, 4) is 0 Å². The first-order valence-electron chi connectivity index (χ1n) is 4.68. The van der Waals surface area contributed by atoms with Gasteiger partial charge in [0.15, 0.2) is 0 Å². The second-order valence-corrected chi connectivity index (χ2v) is 4.70. The molecule has 1 aromatic rings. The maximum Gasteiger partial charge on any atom is 0.354 e. The van der Waals surface area contributed by atoms with E-state index in [0.29, 0.717) is 5.82 Å². The summed E-state index contributed by atoms with van der Waals surface area (Å²) in [4.78, 5) is 16.6. The summed E-state index contributed by atoms with van der Waals surface area (Å²) in [7, 11) is 1.65. The summed E-state index contributed by atoms with van der Waals surface area (Å²) in [6, 6.07) is 1.42. The van der Waals surface area contributed by atoms with Gasteiger partial charge in [0.2, 0.25) is 0 Å². The van der Waals surface area contributed by atoms with Crippen molar-refractivity contribution in [3.05, 3.63) is 21.7 Å². The number of nitrogens with zero attached hydrogens (tertiary/aromatic N) is 3. The van der Waals surface area contributed by atoms with Crippen LogP contribution in [-0.4, -0.2) is 32.4 Å². The van der Waals surface area contributed by atoms with Crippen LogP contribution < -0.4 is 10.6 Å². The summed E-state index contributed by atoms with van der Waals surface area (Å²) in [6.45, 7) is 3.21. The van der Waals surface area contributed by atoms with Crippen molar-refractivity contribution in [1.82, 2.24) is 9.55 Å². The number of halogens is 1. The molecule has 6 nitrogen and oxygen atoms in total. The van der Waals surface area contributed by atoms with Crippen LogP contribution in [0.25, 0.3) is 0 Å². The zero-order valence-corrected chi connectivity index (χ0v) is 9.86. The Morgan fingerprint density at radius 3 is 2.56 bits per heavy atom. The van der Waals surface area contributed by atoms with Crippen molar-refractivity contribution >= 4 is 17.4 Å². The standard InChI is InChI=1S/C9H12ClN3O3/c1-8(2)9(15,16)13-6(12(8)3)4-5(10)11-7(13)14/h4,15-16H,1-3H3. The molecular weight excluding hydrogens is 234 g/mol. The number of aromatic nitrogens is 2. The third kappa shape index (κ3) is 1.15. The van der Waals surface area contributed by atoms with Crippen molar-refractivity contribution in [3.63, 3.8) is 0 Å². The second-order valence-electron chi connectivity index (χ2n) is 4.31. The van der Waals surface area contributed by atoms with Gasteiger partial charge in [0.05, 0.1) is 0 Å². The zero-order valence-electron chi connectivity index (χ0n) is 9.10. The van der Waals surface area contributed by atoms with Crippen LogP contribution in [0, 0.1) is 0 Å². The van der Waals surface area contributed by atoms with Crippen molar-refractivity contribution in [2.75, 3.05) is 11.9 Å². The molecule has 0 spiro atoms. The fourth-order valence-electron chi connectivity index (χ4n) is 1.77. The Morgan fingerprint density at radius 2 is 2.00 bits per heavy atom. The second kappa shape index (κ2) is 2.97. The Hall–Kier alpha value is -1.11. The van der Waals surface area contributed by atoms with Gasteiger partial charge in [-0.05, 0) is 13.8 Å². The molecule has 0 bridgehead atoms. The lowest BCUT2D eigenvalue weighted by Crippen LogP contribution is -2.56. The van der Waals surface area contributed by atoms with Crippen LogP contribution in [0.15, 0.2) is 10.9 Å². The summed E-state index contributed by atoms with van der Waals surface area (Å²) in [6.07, 6.45) is 0. The number of rotatable bonds is 0. The van der Waals surface area contributed by atoms with Gasteiger partial charge in [0.25, 0.3) is 5.91 Å². The van der Waals surface area contributed by atoms with Gasteiger partial charge in [0, 0.05) is 13.1 Å². The molecule has 7 heteroatoms. The number of aliphatic hydroxyl groups is 2. The number of likely N-dealkylation sites (N-methyl/N-ethyl adjacent to an activating group) is 1. The lowest BCUT2D eigenvalue weighted by Gasteiger charge is -2.35. The first kappa shape index (κ1) is 11.4. The van der Waals surface area contributed by atoms with Crippen LogP contribution in [0.4, 0.5) is 5.82 Å². The van der Waals surface area contributed by atoms with E-state index in [9.17, 15) is 15.0 Å². The Labute approximate surface area is 96.7 Å². The maximum absolute atomic E-state index is 11.6. The fraction of sp³-hybridized carbons (Fsp3) is 0.556. The van der Waals surface area contributed by atoms with Crippen LogP contribution in [0.1, 0.15) is 13.8 Å². The van der Waals surface area contributed by atoms with Gasteiger partial charge in [-0.1, -0.05) is 11.6 Å². The lowest BCUT2D eigenvalue weighted by atomic mass is 10.0. The number of hydrogen-bond donors (Lipinski definition) is 2. The molecule has 2 rings (SSSR count). The van der Waals surface area contributed by atoms with Gasteiger partial charge < -0.3 is 15.1 Å². The van der Waals surface area contributed by atoms with Gasteiger partial charge in [-0.15, -0.1) is 0 Å². The molecule has 1 aromatic heterocycles. The van der Waals surface area contributed by atoms with Crippen molar-refractivity contribution in [1.29, 1.82) is 0 Å². The zero-order chi connectivity index (χ0) is 12.3. The molecule has 0 saturated heterocycles. The van der Waals surface area contributed by atoms with E-state index in [0.717, 1.165) is 4.57 Å². The van der Waals surface area contributed by atoms with Crippen LogP contribution >= 0.6 is 11.6 Å². The molecule has 1 aliphatic rings. The Morgan fingerprint density at radius 1 is 1.44 bits per heavy atom. The minimum Gasteiger partial charge on any atom is -0.348 e. The largest absolute Gasteiger partial charge is 0.354 e. The molecule has 2 heterocycles. The summed E-state index contributed by atoms with van der Waals surface area (Å²) in [5, 5.41) is 20.0. The molecule has 1 aliphatic heterocycles. The Kier molecular flexibility index (Phi) is 2.11. The summed E-state index contributed by atoms with van der Waals surface area (Å²) >= 11 is 5.67. The van der Waals surface area contributed by atoms with E-state index in [2.05, 4.69) is 4.98 Å². The van der Waals surface area contributed by atoms with Crippen molar-refractivity contribution in [2.45, 2.75) is 25.3 Å². The summed E-state index contributed by atoms with van der Waals surface area (Å²) in [5.74, 6) is -1.99. The first-order chi connectivity index (χ1) is 7.19. The van der Waals surface area contributed by atoms with Crippen molar-refractivity contribution < 1.29 is 10.2 Å². The molecule has 88 valence electrons. The molecule has 0 radical (unpaired) electrons. The third-order valence-corrected chi connectivity index (χ3v) is 3.38. The average Bonchev–Trinajstić information content (AvgIpc) is 2.25. The highest BCUT2D eigenvalue weighted by atomic mass is 35.5. The predicted molar refractivity (Wildman–Crippen MR) is 58.4 cm³/mol.